The van der Waals surface area contributed by atoms with Crippen LogP contribution in [0.15, 0.2) is 23.1 Å². The van der Waals surface area contributed by atoms with Gasteiger partial charge in [0.2, 0.25) is 0 Å². The Bertz CT molecular complexity index is 634. The third-order valence-corrected chi connectivity index (χ3v) is 4.57. The summed E-state index contributed by atoms with van der Waals surface area (Å²) in [4.78, 5) is 6.26. The van der Waals surface area contributed by atoms with Crippen LogP contribution in [0.25, 0.3) is 10.2 Å². The Labute approximate surface area is 102 Å². The molecular formula is C9H9ClN2O2S2. The zero-order chi connectivity index (χ0) is 11.9. The number of benzene rings is 1. The number of hydrogen-bond acceptors (Lipinski definition) is 5. The Morgan fingerprint density at radius 2 is 2.06 bits per heavy atom. The van der Waals surface area contributed by atoms with Crippen molar-refractivity contribution in [1.29, 1.82) is 0 Å². The van der Waals surface area contributed by atoms with Gasteiger partial charge in [-0.05, 0) is 18.2 Å². The Morgan fingerprint density at radius 1 is 1.38 bits per heavy atom. The smallest absolute Gasteiger partial charge is 0.261 e. The minimum absolute atomic E-state index is 0.0808. The molecule has 0 spiro atoms. The number of hydrogen-bond donors (Lipinski definition) is 0. The number of rotatable bonds is 2. The number of nitrogens with zero attached hydrogens (tertiary/aromatic N) is 2. The van der Waals surface area contributed by atoms with Crippen LogP contribution in [0, 0.1) is 0 Å². The number of halogens is 1. The fourth-order valence-corrected chi connectivity index (χ4v) is 2.88. The highest BCUT2D eigenvalue weighted by atomic mass is 35.7. The van der Waals surface area contributed by atoms with Crippen molar-refractivity contribution < 1.29 is 8.42 Å². The van der Waals surface area contributed by atoms with Gasteiger partial charge >= 0.3 is 0 Å². The molecule has 0 unspecified atom stereocenters. The average Bonchev–Trinajstić information content (AvgIpc) is 2.58. The van der Waals surface area contributed by atoms with Crippen LogP contribution in [0.5, 0.6) is 0 Å². The van der Waals surface area contributed by atoms with Crippen molar-refractivity contribution in [2.45, 2.75) is 4.90 Å². The van der Waals surface area contributed by atoms with Crippen LogP contribution in [0.3, 0.4) is 0 Å². The summed E-state index contributed by atoms with van der Waals surface area (Å²) in [5.41, 5.74) is 0.649. The van der Waals surface area contributed by atoms with Gasteiger partial charge in [-0.15, -0.1) is 0 Å². The molecule has 7 heteroatoms. The van der Waals surface area contributed by atoms with Crippen molar-refractivity contribution in [2.75, 3.05) is 19.0 Å². The molecule has 1 heterocycles. The quantitative estimate of drug-likeness (QED) is 0.790. The molecule has 0 aliphatic heterocycles. The fraction of sp³-hybridized carbons (Fsp3) is 0.222. The van der Waals surface area contributed by atoms with Crippen molar-refractivity contribution in [3.63, 3.8) is 0 Å². The average molecular weight is 277 g/mol. The van der Waals surface area contributed by atoms with Crippen LogP contribution < -0.4 is 4.90 Å². The van der Waals surface area contributed by atoms with E-state index in [1.54, 1.807) is 6.07 Å². The summed E-state index contributed by atoms with van der Waals surface area (Å²) in [6.45, 7) is 0. The second kappa shape index (κ2) is 3.87. The summed E-state index contributed by atoms with van der Waals surface area (Å²) in [7, 11) is 5.36. The van der Waals surface area contributed by atoms with E-state index < -0.39 is 9.05 Å². The summed E-state index contributed by atoms with van der Waals surface area (Å²) in [6.07, 6.45) is 0. The first-order valence-corrected chi connectivity index (χ1v) is 7.53. The van der Waals surface area contributed by atoms with Gasteiger partial charge < -0.3 is 4.90 Å². The molecule has 0 fully saturated rings. The van der Waals surface area contributed by atoms with Crippen molar-refractivity contribution in [3.05, 3.63) is 18.2 Å². The van der Waals surface area contributed by atoms with E-state index in [2.05, 4.69) is 4.98 Å². The molecule has 0 aliphatic carbocycles. The number of fused-ring (bicyclic) bond motifs is 1. The summed E-state index contributed by atoms with van der Waals surface area (Å²) in [5.74, 6) is 0. The first-order valence-electron chi connectivity index (χ1n) is 4.40. The molecule has 0 bridgehead atoms. The number of aromatic nitrogens is 1. The standard InChI is InChI=1S/C9H9ClN2O2S2/c1-12(2)9-11-7-5-6(16(10,13)14)3-4-8(7)15-9/h3-5H,1-2H3. The molecule has 2 rings (SSSR count). The molecule has 2 aromatic rings. The second-order valence-electron chi connectivity index (χ2n) is 3.46. The van der Waals surface area contributed by atoms with Crippen LogP contribution >= 0.6 is 22.0 Å². The summed E-state index contributed by atoms with van der Waals surface area (Å²) < 4.78 is 23.2. The SMILES string of the molecule is CN(C)c1nc2cc(S(=O)(=O)Cl)ccc2s1. The van der Waals surface area contributed by atoms with Crippen molar-refractivity contribution in [2.24, 2.45) is 0 Å². The zero-order valence-electron chi connectivity index (χ0n) is 8.64. The van der Waals surface area contributed by atoms with Gasteiger partial charge in [0, 0.05) is 24.8 Å². The zero-order valence-corrected chi connectivity index (χ0v) is 11.0. The predicted octanol–water partition coefficient (Wildman–Crippen LogP) is 2.29. The highest BCUT2D eigenvalue weighted by Crippen LogP contribution is 2.29. The van der Waals surface area contributed by atoms with Gasteiger partial charge in [0.1, 0.15) is 0 Å². The lowest BCUT2D eigenvalue weighted by Crippen LogP contribution is -2.07. The topological polar surface area (TPSA) is 50.3 Å². The van der Waals surface area contributed by atoms with Crippen molar-refractivity contribution in [1.82, 2.24) is 4.98 Å². The van der Waals surface area contributed by atoms with Gasteiger partial charge in [-0.3, -0.25) is 0 Å². The van der Waals surface area contributed by atoms with Gasteiger partial charge in [-0.2, -0.15) is 0 Å². The Balaban J connectivity index is 2.63. The molecule has 0 N–H and O–H groups in total. The lowest BCUT2D eigenvalue weighted by atomic mass is 10.3. The van der Waals surface area contributed by atoms with Gasteiger partial charge in [0.15, 0.2) is 5.13 Å². The van der Waals surface area contributed by atoms with Crippen LogP contribution in [0.4, 0.5) is 5.13 Å². The third kappa shape index (κ3) is 2.14. The highest BCUT2D eigenvalue weighted by Gasteiger charge is 2.12. The first kappa shape index (κ1) is 11.6. The minimum Gasteiger partial charge on any atom is -0.354 e. The molecule has 86 valence electrons. The minimum atomic E-state index is -3.68. The van der Waals surface area contributed by atoms with Gasteiger partial charge in [-0.1, -0.05) is 11.3 Å². The highest BCUT2D eigenvalue weighted by molar-refractivity contribution is 8.13. The van der Waals surface area contributed by atoms with E-state index in [1.165, 1.54) is 23.5 Å². The van der Waals surface area contributed by atoms with Crippen molar-refractivity contribution >= 4 is 46.4 Å². The fourth-order valence-electron chi connectivity index (χ4n) is 1.24. The van der Waals surface area contributed by atoms with Crippen LogP contribution in [0.2, 0.25) is 0 Å². The summed E-state index contributed by atoms with van der Waals surface area (Å²) >= 11 is 1.50. The van der Waals surface area contributed by atoms with E-state index in [4.69, 9.17) is 10.7 Å². The third-order valence-electron chi connectivity index (χ3n) is 2.01. The van der Waals surface area contributed by atoms with E-state index in [0.29, 0.717) is 5.52 Å². The molecule has 0 amide bonds. The van der Waals surface area contributed by atoms with E-state index in [1.807, 2.05) is 19.0 Å². The van der Waals surface area contributed by atoms with Gasteiger partial charge in [0.25, 0.3) is 9.05 Å². The molecule has 0 radical (unpaired) electrons. The maximum absolute atomic E-state index is 11.1. The van der Waals surface area contributed by atoms with E-state index >= 15 is 0 Å². The first-order chi connectivity index (χ1) is 7.38. The van der Waals surface area contributed by atoms with Crippen LogP contribution in [-0.2, 0) is 9.05 Å². The Kier molecular flexibility index (Phi) is 2.81. The molecule has 1 aromatic heterocycles. The molecule has 0 aliphatic rings. The van der Waals surface area contributed by atoms with Crippen LogP contribution in [0.1, 0.15) is 0 Å². The molecule has 1 aromatic carbocycles. The lowest BCUT2D eigenvalue weighted by Gasteiger charge is -2.04. The monoisotopic (exact) mass is 276 g/mol. The van der Waals surface area contributed by atoms with Crippen LogP contribution in [-0.4, -0.2) is 27.5 Å². The molecule has 16 heavy (non-hydrogen) atoms. The van der Waals surface area contributed by atoms with E-state index in [-0.39, 0.29) is 4.90 Å². The number of anilines is 1. The maximum Gasteiger partial charge on any atom is 0.261 e. The maximum atomic E-state index is 11.1. The molecule has 0 atom stereocenters. The van der Waals surface area contributed by atoms with E-state index in [0.717, 1.165) is 9.83 Å². The predicted molar refractivity (Wildman–Crippen MR) is 67.0 cm³/mol. The summed E-state index contributed by atoms with van der Waals surface area (Å²) in [5, 5.41) is 0.833. The normalized spacial score (nSPS) is 11.9. The molecular weight excluding hydrogens is 268 g/mol. The largest absolute Gasteiger partial charge is 0.354 e. The molecule has 4 nitrogen and oxygen atoms in total. The van der Waals surface area contributed by atoms with Gasteiger partial charge in [-0.25, -0.2) is 13.4 Å². The number of thiazole rings is 1. The van der Waals surface area contributed by atoms with E-state index in [9.17, 15) is 8.42 Å². The Morgan fingerprint density at radius 3 is 2.62 bits per heavy atom. The van der Waals surface area contributed by atoms with Gasteiger partial charge in [0.05, 0.1) is 15.1 Å². The summed E-state index contributed by atoms with van der Waals surface area (Å²) in [6, 6.07) is 4.69. The molecule has 0 saturated heterocycles. The molecule has 0 saturated carbocycles. The second-order valence-corrected chi connectivity index (χ2v) is 7.03. The lowest BCUT2D eigenvalue weighted by molar-refractivity contribution is 0.609. The Hall–Kier alpha value is -0.850. The van der Waals surface area contributed by atoms with Crippen molar-refractivity contribution in [3.8, 4) is 0 Å².